The SMILES string of the molecule is CC(C)CC(CN(C)C)NC1CC(c2ccc(Cl)cc2)C1. The molecule has 1 atom stereocenters. The number of rotatable bonds is 7. The van der Waals surface area contributed by atoms with Gasteiger partial charge in [0.15, 0.2) is 0 Å². The molecule has 0 spiro atoms. The Balaban J connectivity index is 1.80. The molecule has 0 radical (unpaired) electrons. The number of benzene rings is 1. The summed E-state index contributed by atoms with van der Waals surface area (Å²) >= 11 is 5.95. The van der Waals surface area contributed by atoms with Crippen LogP contribution in [0.1, 0.15) is 44.6 Å². The van der Waals surface area contributed by atoms with E-state index in [2.05, 4.69) is 50.3 Å². The Kier molecular flexibility index (Phi) is 6.09. The molecule has 0 amide bonds. The molecule has 118 valence electrons. The molecule has 0 aliphatic heterocycles. The van der Waals surface area contributed by atoms with Gasteiger partial charge in [0.2, 0.25) is 0 Å². The first-order valence-corrected chi connectivity index (χ1v) is 8.48. The van der Waals surface area contributed by atoms with Crippen LogP contribution >= 0.6 is 11.6 Å². The lowest BCUT2D eigenvalue weighted by molar-refractivity contribution is 0.222. The summed E-state index contributed by atoms with van der Waals surface area (Å²) in [5.74, 6) is 1.45. The van der Waals surface area contributed by atoms with Crippen LogP contribution in [0.5, 0.6) is 0 Å². The van der Waals surface area contributed by atoms with Gasteiger partial charge < -0.3 is 10.2 Å². The fourth-order valence-corrected chi connectivity index (χ4v) is 3.43. The van der Waals surface area contributed by atoms with Crippen molar-refractivity contribution in [1.29, 1.82) is 0 Å². The second-order valence-corrected chi connectivity index (χ2v) is 7.61. The normalized spacial score (nSPS) is 23.4. The van der Waals surface area contributed by atoms with Gasteiger partial charge in [-0.3, -0.25) is 0 Å². The van der Waals surface area contributed by atoms with Crippen molar-refractivity contribution in [3.8, 4) is 0 Å². The number of likely N-dealkylation sites (N-methyl/N-ethyl adjacent to an activating group) is 1. The maximum absolute atomic E-state index is 5.95. The molecular formula is C18H29ClN2. The molecule has 1 unspecified atom stereocenters. The highest BCUT2D eigenvalue weighted by atomic mass is 35.5. The average Bonchev–Trinajstić information content (AvgIpc) is 2.33. The highest BCUT2D eigenvalue weighted by Crippen LogP contribution is 2.37. The quantitative estimate of drug-likeness (QED) is 0.814. The van der Waals surface area contributed by atoms with E-state index < -0.39 is 0 Å². The van der Waals surface area contributed by atoms with Gasteiger partial charge >= 0.3 is 0 Å². The standard InChI is InChI=1S/C18H29ClN2/c1-13(2)9-18(12-21(3)4)20-17-10-15(11-17)14-5-7-16(19)8-6-14/h5-8,13,15,17-18,20H,9-12H2,1-4H3. The van der Waals surface area contributed by atoms with E-state index in [4.69, 9.17) is 11.6 Å². The lowest BCUT2D eigenvalue weighted by Crippen LogP contribution is -2.49. The highest BCUT2D eigenvalue weighted by Gasteiger charge is 2.31. The number of hydrogen-bond donors (Lipinski definition) is 1. The van der Waals surface area contributed by atoms with E-state index in [0.29, 0.717) is 18.0 Å². The van der Waals surface area contributed by atoms with Gasteiger partial charge in [0.25, 0.3) is 0 Å². The van der Waals surface area contributed by atoms with Crippen molar-refractivity contribution in [3.63, 3.8) is 0 Å². The highest BCUT2D eigenvalue weighted by molar-refractivity contribution is 6.30. The number of hydrogen-bond acceptors (Lipinski definition) is 2. The van der Waals surface area contributed by atoms with Crippen LogP contribution in [0.3, 0.4) is 0 Å². The molecule has 1 N–H and O–H groups in total. The van der Waals surface area contributed by atoms with Crippen molar-refractivity contribution < 1.29 is 0 Å². The number of nitrogens with one attached hydrogen (secondary N) is 1. The van der Waals surface area contributed by atoms with E-state index >= 15 is 0 Å². The Morgan fingerprint density at radius 1 is 1.19 bits per heavy atom. The van der Waals surface area contributed by atoms with Crippen molar-refractivity contribution >= 4 is 11.6 Å². The summed E-state index contributed by atoms with van der Waals surface area (Å²) in [5.41, 5.74) is 1.44. The third-order valence-electron chi connectivity index (χ3n) is 4.29. The van der Waals surface area contributed by atoms with Crippen molar-refractivity contribution in [3.05, 3.63) is 34.9 Å². The molecular weight excluding hydrogens is 280 g/mol. The Morgan fingerprint density at radius 2 is 1.81 bits per heavy atom. The minimum Gasteiger partial charge on any atom is -0.310 e. The molecule has 1 aliphatic rings. The Labute approximate surface area is 134 Å². The fraction of sp³-hybridized carbons (Fsp3) is 0.667. The largest absolute Gasteiger partial charge is 0.310 e. The predicted molar refractivity (Wildman–Crippen MR) is 92.1 cm³/mol. The second kappa shape index (κ2) is 7.62. The molecule has 21 heavy (non-hydrogen) atoms. The molecule has 2 nitrogen and oxygen atoms in total. The molecule has 1 fully saturated rings. The summed E-state index contributed by atoms with van der Waals surface area (Å²) in [6.45, 7) is 5.74. The summed E-state index contributed by atoms with van der Waals surface area (Å²) in [7, 11) is 4.32. The monoisotopic (exact) mass is 308 g/mol. The van der Waals surface area contributed by atoms with Crippen LogP contribution in [-0.2, 0) is 0 Å². The van der Waals surface area contributed by atoms with Crippen molar-refractivity contribution in [1.82, 2.24) is 10.2 Å². The van der Waals surface area contributed by atoms with Crippen LogP contribution in [-0.4, -0.2) is 37.6 Å². The molecule has 1 aliphatic carbocycles. The summed E-state index contributed by atoms with van der Waals surface area (Å²) in [4.78, 5) is 2.29. The minimum atomic E-state index is 0.608. The summed E-state index contributed by atoms with van der Waals surface area (Å²) in [5, 5.41) is 4.69. The van der Waals surface area contributed by atoms with Gasteiger partial charge in [0.1, 0.15) is 0 Å². The Bertz CT molecular complexity index is 411. The number of halogens is 1. The van der Waals surface area contributed by atoms with Gasteiger partial charge in [0, 0.05) is 23.7 Å². The lowest BCUT2D eigenvalue weighted by Gasteiger charge is -2.39. The predicted octanol–water partition coefficient (Wildman–Crippen LogP) is 4.15. The molecule has 1 saturated carbocycles. The zero-order chi connectivity index (χ0) is 15.4. The van der Waals surface area contributed by atoms with E-state index in [1.54, 1.807) is 0 Å². The van der Waals surface area contributed by atoms with Crippen LogP contribution in [0.2, 0.25) is 5.02 Å². The van der Waals surface area contributed by atoms with Crippen molar-refractivity contribution in [2.75, 3.05) is 20.6 Å². The first-order chi connectivity index (χ1) is 9.94. The maximum atomic E-state index is 5.95. The van der Waals surface area contributed by atoms with E-state index in [9.17, 15) is 0 Å². The van der Waals surface area contributed by atoms with Gasteiger partial charge in [-0.2, -0.15) is 0 Å². The topological polar surface area (TPSA) is 15.3 Å². The maximum Gasteiger partial charge on any atom is 0.0406 e. The van der Waals surface area contributed by atoms with Gasteiger partial charge in [0.05, 0.1) is 0 Å². The first kappa shape index (κ1) is 16.8. The zero-order valence-corrected chi connectivity index (χ0v) is 14.5. The molecule has 0 saturated heterocycles. The van der Waals surface area contributed by atoms with Crippen LogP contribution in [0.25, 0.3) is 0 Å². The van der Waals surface area contributed by atoms with Crippen LogP contribution in [0.15, 0.2) is 24.3 Å². The van der Waals surface area contributed by atoms with E-state index in [0.717, 1.165) is 17.5 Å². The van der Waals surface area contributed by atoms with Crippen LogP contribution < -0.4 is 5.32 Å². The van der Waals surface area contributed by atoms with Crippen molar-refractivity contribution in [2.45, 2.75) is 51.1 Å². The van der Waals surface area contributed by atoms with E-state index in [1.165, 1.54) is 24.8 Å². The third kappa shape index (κ3) is 5.28. The second-order valence-electron chi connectivity index (χ2n) is 7.17. The smallest absolute Gasteiger partial charge is 0.0406 e. The first-order valence-electron chi connectivity index (χ1n) is 8.10. The van der Waals surface area contributed by atoms with Gasteiger partial charge in [-0.15, -0.1) is 0 Å². The van der Waals surface area contributed by atoms with Crippen molar-refractivity contribution in [2.24, 2.45) is 5.92 Å². The molecule has 0 aromatic heterocycles. The average molecular weight is 309 g/mol. The molecule has 2 rings (SSSR count). The molecule has 3 heteroatoms. The van der Waals surface area contributed by atoms with E-state index in [-0.39, 0.29) is 0 Å². The lowest BCUT2D eigenvalue weighted by atomic mass is 9.75. The molecule has 0 heterocycles. The van der Waals surface area contributed by atoms with Gasteiger partial charge in [-0.1, -0.05) is 37.6 Å². The number of nitrogens with zero attached hydrogens (tertiary/aromatic N) is 1. The summed E-state index contributed by atoms with van der Waals surface area (Å²) < 4.78 is 0. The van der Waals surface area contributed by atoms with Crippen LogP contribution in [0.4, 0.5) is 0 Å². The molecule has 1 aromatic carbocycles. The van der Waals surface area contributed by atoms with E-state index in [1.807, 2.05) is 12.1 Å². The fourth-order valence-electron chi connectivity index (χ4n) is 3.30. The summed E-state index contributed by atoms with van der Waals surface area (Å²) in [6.07, 6.45) is 3.76. The Hall–Kier alpha value is -0.570. The summed E-state index contributed by atoms with van der Waals surface area (Å²) in [6, 6.07) is 9.64. The zero-order valence-electron chi connectivity index (χ0n) is 13.8. The Morgan fingerprint density at radius 3 is 2.33 bits per heavy atom. The minimum absolute atomic E-state index is 0.608. The van der Waals surface area contributed by atoms with Crippen LogP contribution in [0, 0.1) is 5.92 Å². The molecule has 1 aromatic rings. The third-order valence-corrected chi connectivity index (χ3v) is 4.54. The van der Waals surface area contributed by atoms with Gasteiger partial charge in [-0.05, 0) is 62.9 Å². The van der Waals surface area contributed by atoms with Gasteiger partial charge in [-0.25, -0.2) is 0 Å². The molecule has 0 bridgehead atoms.